The van der Waals surface area contributed by atoms with E-state index in [0.29, 0.717) is 20.0 Å². The SMILES string of the molecule is C1=CN(P(N2C=CC=NC2)N2C=CC=NC2)CN=C1. The van der Waals surface area contributed by atoms with Gasteiger partial charge in [0.05, 0.1) is 0 Å². The maximum atomic E-state index is 4.32. The van der Waals surface area contributed by atoms with Crippen molar-refractivity contribution in [3.63, 3.8) is 0 Å². The number of hydrogen-bond acceptors (Lipinski definition) is 6. The fourth-order valence-electron chi connectivity index (χ4n) is 1.92. The molecule has 3 rings (SSSR count). The Balaban J connectivity index is 1.82. The summed E-state index contributed by atoms with van der Waals surface area (Å²) in [6.07, 6.45) is 17.6. The first-order valence-electron chi connectivity index (χ1n) is 6.05. The Bertz CT molecular complexity index is 421. The molecule has 19 heavy (non-hydrogen) atoms. The summed E-state index contributed by atoms with van der Waals surface area (Å²) in [5.41, 5.74) is 0. The van der Waals surface area contributed by atoms with Gasteiger partial charge in [-0.25, -0.2) is 0 Å². The molecule has 0 aromatic heterocycles. The van der Waals surface area contributed by atoms with Crippen LogP contribution in [0.1, 0.15) is 0 Å². The zero-order valence-electron chi connectivity index (χ0n) is 10.4. The quantitative estimate of drug-likeness (QED) is 0.737. The second-order valence-corrected chi connectivity index (χ2v) is 6.11. The molecule has 0 fully saturated rings. The van der Waals surface area contributed by atoms with Crippen LogP contribution >= 0.6 is 8.37 Å². The van der Waals surface area contributed by atoms with Gasteiger partial charge in [0.15, 0.2) is 0 Å². The second kappa shape index (κ2) is 5.80. The second-order valence-electron chi connectivity index (χ2n) is 4.03. The van der Waals surface area contributed by atoms with Crippen molar-refractivity contribution in [3.8, 4) is 0 Å². The van der Waals surface area contributed by atoms with Crippen LogP contribution in [0.4, 0.5) is 0 Å². The van der Waals surface area contributed by atoms with Crippen LogP contribution < -0.4 is 0 Å². The highest BCUT2D eigenvalue weighted by Gasteiger charge is 2.28. The maximum Gasteiger partial charge on any atom is 0.211 e. The molecule has 0 aromatic carbocycles. The highest BCUT2D eigenvalue weighted by molar-refractivity contribution is 7.50. The molecule has 0 saturated carbocycles. The molecule has 3 aliphatic heterocycles. The summed E-state index contributed by atoms with van der Waals surface area (Å²) in [7, 11) is -0.717. The Kier molecular flexibility index (Phi) is 3.70. The zero-order valence-corrected chi connectivity index (χ0v) is 11.3. The highest BCUT2D eigenvalue weighted by Crippen LogP contribution is 2.49. The molecule has 0 N–H and O–H groups in total. The lowest BCUT2D eigenvalue weighted by Crippen LogP contribution is -2.33. The first-order chi connectivity index (χ1) is 9.45. The van der Waals surface area contributed by atoms with E-state index in [4.69, 9.17) is 0 Å². The number of hydrogen-bond donors (Lipinski definition) is 0. The van der Waals surface area contributed by atoms with Gasteiger partial charge in [-0.3, -0.25) is 15.0 Å². The van der Waals surface area contributed by atoms with Gasteiger partial charge in [0.25, 0.3) is 0 Å². The maximum absolute atomic E-state index is 4.32. The van der Waals surface area contributed by atoms with Crippen LogP contribution in [0.15, 0.2) is 51.8 Å². The van der Waals surface area contributed by atoms with E-state index in [2.05, 4.69) is 47.6 Å². The van der Waals surface area contributed by atoms with Gasteiger partial charge in [-0.2, -0.15) is 0 Å². The molecule has 98 valence electrons. The minimum Gasteiger partial charge on any atom is -0.303 e. The van der Waals surface area contributed by atoms with E-state index in [9.17, 15) is 0 Å². The molecule has 3 heterocycles. The van der Waals surface area contributed by atoms with Crippen LogP contribution in [0.2, 0.25) is 0 Å². The van der Waals surface area contributed by atoms with E-state index in [1.165, 1.54) is 0 Å². The van der Waals surface area contributed by atoms with E-state index >= 15 is 0 Å². The normalized spacial score (nSPS) is 21.0. The Morgan fingerprint density at radius 1 is 0.632 bits per heavy atom. The smallest absolute Gasteiger partial charge is 0.211 e. The van der Waals surface area contributed by atoms with Crippen LogP contribution in [0.3, 0.4) is 0 Å². The van der Waals surface area contributed by atoms with E-state index in [1.807, 2.05) is 36.9 Å². The molecular formula is C12H15N6P. The Morgan fingerprint density at radius 2 is 1.00 bits per heavy atom. The van der Waals surface area contributed by atoms with Crippen molar-refractivity contribution in [2.45, 2.75) is 0 Å². The summed E-state index contributed by atoms with van der Waals surface area (Å²) in [5.74, 6) is 0. The summed E-state index contributed by atoms with van der Waals surface area (Å²) >= 11 is 0. The van der Waals surface area contributed by atoms with Gasteiger partial charge >= 0.3 is 0 Å². The Morgan fingerprint density at radius 3 is 1.26 bits per heavy atom. The van der Waals surface area contributed by atoms with E-state index in [1.54, 1.807) is 0 Å². The van der Waals surface area contributed by atoms with Gasteiger partial charge in [0, 0.05) is 37.2 Å². The monoisotopic (exact) mass is 274 g/mol. The molecule has 0 spiro atoms. The van der Waals surface area contributed by atoms with Gasteiger partial charge in [0.2, 0.25) is 8.37 Å². The molecule has 0 radical (unpaired) electrons. The van der Waals surface area contributed by atoms with Crippen LogP contribution in [0.25, 0.3) is 0 Å². The highest BCUT2D eigenvalue weighted by atomic mass is 31.2. The minimum atomic E-state index is -0.717. The Labute approximate surface area is 113 Å². The van der Waals surface area contributed by atoms with Gasteiger partial charge in [0.1, 0.15) is 20.0 Å². The third-order valence-electron chi connectivity index (χ3n) is 2.72. The molecule has 0 amide bonds. The molecular weight excluding hydrogens is 259 g/mol. The number of rotatable bonds is 3. The van der Waals surface area contributed by atoms with Crippen LogP contribution in [0, 0.1) is 0 Å². The summed E-state index contributed by atoms with van der Waals surface area (Å²) in [5, 5.41) is 0. The fraction of sp³-hybridized carbons (Fsp3) is 0.250. The number of allylic oxidation sites excluding steroid dienone is 3. The van der Waals surface area contributed by atoms with Gasteiger partial charge in [-0.15, -0.1) is 0 Å². The van der Waals surface area contributed by atoms with Crippen molar-refractivity contribution < 1.29 is 0 Å². The standard InChI is InChI=1S/C12H15N6P/c1-4-13-10-16(7-1)19(17-8-2-5-14-11-17)18-9-3-6-15-12-18/h1-9H,10-12H2. The van der Waals surface area contributed by atoms with Gasteiger partial charge in [-0.1, -0.05) is 0 Å². The number of aliphatic imine (C=N–C) groups is 3. The lowest BCUT2D eigenvalue weighted by molar-refractivity contribution is 0.454. The molecule has 0 bridgehead atoms. The van der Waals surface area contributed by atoms with Crippen molar-refractivity contribution in [1.82, 2.24) is 14.0 Å². The van der Waals surface area contributed by atoms with Crippen LogP contribution in [-0.4, -0.2) is 52.7 Å². The summed E-state index contributed by atoms with van der Waals surface area (Å²) < 4.78 is 6.68. The Hall–Kier alpha value is -1.94. The van der Waals surface area contributed by atoms with Crippen molar-refractivity contribution in [2.24, 2.45) is 15.0 Å². The molecule has 0 aliphatic carbocycles. The fourth-order valence-corrected chi connectivity index (χ4v) is 3.95. The van der Waals surface area contributed by atoms with E-state index < -0.39 is 8.37 Å². The van der Waals surface area contributed by atoms with E-state index in [0.717, 1.165) is 0 Å². The van der Waals surface area contributed by atoms with Crippen molar-refractivity contribution >= 4 is 27.0 Å². The predicted molar refractivity (Wildman–Crippen MR) is 79.9 cm³/mol. The largest absolute Gasteiger partial charge is 0.303 e. The summed E-state index contributed by atoms with van der Waals surface area (Å²) in [4.78, 5) is 13.0. The summed E-state index contributed by atoms with van der Waals surface area (Å²) in [6.45, 7) is 2.01. The van der Waals surface area contributed by atoms with Crippen molar-refractivity contribution in [3.05, 3.63) is 36.8 Å². The topological polar surface area (TPSA) is 46.8 Å². The van der Waals surface area contributed by atoms with Crippen LogP contribution in [-0.2, 0) is 0 Å². The first kappa shape index (κ1) is 12.1. The molecule has 7 heteroatoms. The zero-order chi connectivity index (χ0) is 12.9. The molecule has 0 atom stereocenters. The van der Waals surface area contributed by atoms with Crippen LogP contribution in [0.5, 0.6) is 0 Å². The minimum absolute atomic E-state index is 0.671. The lowest BCUT2D eigenvalue weighted by atomic mass is 10.6. The molecule has 3 aliphatic rings. The number of nitrogens with zero attached hydrogens (tertiary/aromatic N) is 6. The molecule has 0 aromatic rings. The third-order valence-corrected chi connectivity index (χ3v) is 4.88. The van der Waals surface area contributed by atoms with E-state index in [-0.39, 0.29) is 0 Å². The van der Waals surface area contributed by atoms with Crippen molar-refractivity contribution in [1.29, 1.82) is 0 Å². The van der Waals surface area contributed by atoms with Gasteiger partial charge < -0.3 is 14.0 Å². The summed E-state index contributed by atoms with van der Waals surface area (Å²) in [6, 6.07) is 0. The molecule has 0 saturated heterocycles. The third kappa shape index (κ3) is 2.74. The molecule has 6 nitrogen and oxygen atoms in total. The average Bonchev–Trinajstić information content (AvgIpc) is 2.51. The van der Waals surface area contributed by atoms with Crippen molar-refractivity contribution in [2.75, 3.05) is 20.0 Å². The lowest BCUT2D eigenvalue weighted by Gasteiger charge is -2.42. The first-order valence-corrected chi connectivity index (χ1v) is 7.25. The predicted octanol–water partition coefficient (Wildman–Crippen LogP) is 1.79. The average molecular weight is 274 g/mol. The van der Waals surface area contributed by atoms with Gasteiger partial charge in [-0.05, 0) is 18.2 Å². The molecule has 0 unspecified atom stereocenters.